The Morgan fingerprint density at radius 2 is 2.17 bits per heavy atom. The van der Waals surface area contributed by atoms with Crippen molar-refractivity contribution >= 4 is 45.8 Å². The fourth-order valence-electron chi connectivity index (χ4n) is 2.43. The quantitative estimate of drug-likeness (QED) is 0.564. The van der Waals surface area contributed by atoms with Gasteiger partial charge in [0.25, 0.3) is 0 Å². The van der Waals surface area contributed by atoms with Crippen LogP contribution in [0.2, 0.25) is 0 Å². The van der Waals surface area contributed by atoms with Crippen molar-refractivity contribution in [1.82, 2.24) is 4.90 Å². The van der Waals surface area contributed by atoms with E-state index in [1.807, 2.05) is 25.1 Å². The third kappa shape index (κ3) is 5.21. The maximum atomic E-state index is 11.9. The third-order valence-corrected chi connectivity index (χ3v) is 5.24. The molecule has 0 aliphatic carbocycles. The van der Waals surface area contributed by atoms with E-state index in [-0.39, 0.29) is 17.1 Å². The molecule has 1 heterocycles. The van der Waals surface area contributed by atoms with Gasteiger partial charge in [0.05, 0.1) is 12.4 Å². The molecule has 1 N–H and O–H groups in total. The zero-order chi connectivity index (χ0) is 17.5. The highest BCUT2D eigenvalue weighted by molar-refractivity contribution is 8.24. The van der Waals surface area contributed by atoms with Crippen LogP contribution in [0.3, 0.4) is 0 Å². The second kappa shape index (κ2) is 9.03. The Hall–Kier alpha value is -1.60. The summed E-state index contributed by atoms with van der Waals surface area (Å²) in [6.45, 7) is 2.52. The van der Waals surface area contributed by atoms with E-state index in [2.05, 4.69) is 5.32 Å². The van der Waals surface area contributed by atoms with Gasteiger partial charge in [-0.2, -0.15) is 0 Å². The van der Waals surface area contributed by atoms with Gasteiger partial charge in [0, 0.05) is 24.7 Å². The largest absolute Gasteiger partial charge is 0.497 e. The molecule has 1 aliphatic rings. The van der Waals surface area contributed by atoms with Gasteiger partial charge < -0.3 is 10.1 Å². The van der Waals surface area contributed by atoms with Gasteiger partial charge in [-0.1, -0.05) is 36.5 Å². The summed E-state index contributed by atoms with van der Waals surface area (Å²) >= 11 is 6.64. The third-order valence-electron chi connectivity index (χ3n) is 3.75. The SMILES string of the molecule is COc1cccc(NC(=O)CCCCCN2C(=O)C(C)SC2=S)c1. The molecule has 2 amide bonds. The van der Waals surface area contributed by atoms with Crippen molar-refractivity contribution in [3.8, 4) is 5.75 Å². The van der Waals surface area contributed by atoms with Crippen LogP contribution < -0.4 is 10.1 Å². The first-order chi connectivity index (χ1) is 11.5. The number of carbonyl (C=O) groups is 2. The minimum atomic E-state index is -0.0638. The summed E-state index contributed by atoms with van der Waals surface area (Å²) in [4.78, 5) is 25.5. The van der Waals surface area contributed by atoms with Gasteiger partial charge in [-0.05, 0) is 31.9 Å². The van der Waals surface area contributed by atoms with Crippen molar-refractivity contribution in [3.05, 3.63) is 24.3 Å². The van der Waals surface area contributed by atoms with Gasteiger partial charge in [-0.25, -0.2) is 0 Å². The number of rotatable bonds is 8. The fraction of sp³-hybridized carbons (Fsp3) is 0.471. The van der Waals surface area contributed by atoms with Crippen LogP contribution in [-0.4, -0.2) is 39.9 Å². The number of unbranched alkanes of at least 4 members (excludes halogenated alkanes) is 2. The molecule has 2 rings (SSSR count). The molecule has 1 atom stereocenters. The van der Waals surface area contributed by atoms with E-state index in [1.165, 1.54) is 11.8 Å². The molecule has 1 fully saturated rings. The Labute approximate surface area is 152 Å². The highest BCUT2D eigenvalue weighted by atomic mass is 32.2. The second-order valence-electron chi connectivity index (χ2n) is 5.61. The lowest BCUT2D eigenvalue weighted by Gasteiger charge is -2.14. The van der Waals surface area contributed by atoms with Crippen LogP contribution in [0.5, 0.6) is 5.75 Å². The molecule has 1 aromatic carbocycles. The number of anilines is 1. The summed E-state index contributed by atoms with van der Waals surface area (Å²) in [6, 6.07) is 7.29. The second-order valence-corrected chi connectivity index (χ2v) is 7.58. The summed E-state index contributed by atoms with van der Waals surface area (Å²) in [5.74, 6) is 0.798. The lowest BCUT2D eigenvalue weighted by atomic mass is 10.1. The van der Waals surface area contributed by atoms with Crippen molar-refractivity contribution < 1.29 is 14.3 Å². The molecular formula is C17H22N2O3S2. The number of nitrogens with one attached hydrogen (secondary N) is 1. The van der Waals surface area contributed by atoms with E-state index in [0.717, 1.165) is 24.9 Å². The van der Waals surface area contributed by atoms with E-state index in [4.69, 9.17) is 17.0 Å². The molecule has 1 aromatic rings. The molecule has 0 bridgehead atoms. The van der Waals surface area contributed by atoms with Crippen molar-refractivity contribution in [3.63, 3.8) is 0 Å². The molecule has 1 saturated heterocycles. The number of carbonyl (C=O) groups excluding carboxylic acids is 2. The molecule has 7 heteroatoms. The van der Waals surface area contributed by atoms with Gasteiger partial charge >= 0.3 is 0 Å². The number of nitrogens with zero attached hydrogens (tertiary/aromatic N) is 1. The van der Waals surface area contributed by atoms with Crippen LogP contribution >= 0.6 is 24.0 Å². The van der Waals surface area contributed by atoms with Gasteiger partial charge in [0.1, 0.15) is 10.1 Å². The van der Waals surface area contributed by atoms with Gasteiger partial charge in [0.2, 0.25) is 11.8 Å². The predicted octanol–water partition coefficient (Wildman–Crippen LogP) is 3.44. The smallest absolute Gasteiger partial charge is 0.241 e. The molecule has 24 heavy (non-hydrogen) atoms. The molecular weight excluding hydrogens is 344 g/mol. The Morgan fingerprint density at radius 3 is 2.83 bits per heavy atom. The first kappa shape index (κ1) is 18.7. The standard InChI is InChI=1S/C17H22N2O3S2/c1-12-16(21)19(17(23)24-12)10-5-3-4-9-15(20)18-13-7-6-8-14(11-13)22-2/h6-8,11-12H,3-5,9-10H2,1-2H3,(H,18,20). The van der Waals surface area contributed by atoms with Gasteiger partial charge in [-0.3, -0.25) is 14.5 Å². The maximum Gasteiger partial charge on any atom is 0.241 e. The normalized spacial score (nSPS) is 17.2. The van der Waals surface area contributed by atoms with Crippen LogP contribution in [0.1, 0.15) is 32.6 Å². The first-order valence-electron chi connectivity index (χ1n) is 7.97. The van der Waals surface area contributed by atoms with Crippen LogP contribution in [0.15, 0.2) is 24.3 Å². The van der Waals surface area contributed by atoms with Crippen molar-refractivity contribution in [2.24, 2.45) is 0 Å². The van der Waals surface area contributed by atoms with E-state index >= 15 is 0 Å². The van der Waals surface area contributed by atoms with E-state index in [0.29, 0.717) is 23.0 Å². The Morgan fingerprint density at radius 1 is 1.38 bits per heavy atom. The number of ether oxygens (including phenoxy) is 1. The van der Waals surface area contributed by atoms with Crippen LogP contribution in [0.4, 0.5) is 5.69 Å². The maximum absolute atomic E-state index is 11.9. The number of thioether (sulfide) groups is 1. The van der Waals surface area contributed by atoms with Crippen molar-refractivity contribution in [2.45, 2.75) is 37.9 Å². The van der Waals surface area contributed by atoms with Gasteiger partial charge in [-0.15, -0.1) is 0 Å². The van der Waals surface area contributed by atoms with Crippen LogP contribution in [0, 0.1) is 0 Å². The molecule has 0 spiro atoms. The van der Waals surface area contributed by atoms with E-state index in [1.54, 1.807) is 18.1 Å². The number of thiocarbonyl (C=S) groups is 1. The fourth-order valence-corrected chi connectivity index (χ4v) is 3.89. The summed E-state index contributed by atoms with van der Waals surface area (Å²) in [5.41, 5.74) is 0.735. The zero-order valence-corrected chi connectivity index (χ0v) is 15.5. The Balaban J connectivity index is 1.64. The summed E-state index contributed by atoms with van der Waals surface area (Å²) in [6.07, 6.45) is 2.98. The molecule has 0 radical (unpaired) electrons. The lowest BCUT2D eigenvalue weighted by molar-refractivity contribution is -0.125. The topological polar surface area (TPSA) is 58.6 Å². The van der Waals surface area contributed by atoms with Crippen LogP contribution in [-0.2, 0) is 9.59 Å². The Bertz CT molecular complexity index is 622. The minimum Gasteiger partial charge on any atom is -0.497 e. The van der Waals surface area contributed by atoms with E-state index in [9.17, 15) is 9.59 Å². The van der Waals surface area contributed by atoms with Crippen molar-refractivity contribution in [2.75, 3.05) is 19.0 Å². The summed E-state index contributed by atoms with van der Waals surface area (Å²) in [5, 5.41) is 2.80. The number of methoxy groups -OCH3 is 1. The zero-order valence-electron chi connectivity index (χ0n) is 13.9. The molecule has 0 aromatic heterocycles. The minimum absolute atomic E-state index is 0.0137. The summed E-state index contributed by atoms with van der Waals surface area (Å²) < 4.78 is 5.80. The highest BCUT2D eigenvalue weighted by Gasteiger charge is 2.32. The molecule has 1 unspecified atom stereocenters. The molecule has 0 saturated carbocycles. The van der Waals surface area contributed by atoms with Crippen LogP contribution in [0.25, 0.3) is 0 Å². The summed E-state index contributed by atoms with van der Waals surface area (Å²) in [7, 11) is 1.59. The number of amides is 2. The average molecular weight is 367 g/mol. The van der Waals surface area contributed by atoms with Gasteiger partial charge in [0.15, 0.2) is 0 Å². The average Bonchev–Trinajstić information content (AvgIpc) is 2.80. The monoisotopic (exact) mass is 366 g/mol. The first-order valence-corrected chi connectivity index (χ1v) is 9.26. The number of benzene rings is 1. The molecule has 1 aliphatic heterocycles. The van der Waals surface area contributed by atoms with E-state index < -0.39 is 0 Å². The number of hydrogen-bond acceptors (Lipinski definition) is 5. The molecule has 5 nitrogen and oxygen atoms in total. The number of hydrogen-bond donors (Lipinski definition) is 1. The molecule has 130 valence electrons. The highest BCUT2D eigenvalue weighted by Crippen LogP contribution is 2.27. The predicted molar refractivity (Wildman–Crippen MR) is 101 cm³/mol. The lowest BCUT2D eigenvalue weighted by Crippen LogP contribution is -2.31. The van der Waals surface area contributed by atoms with Crippen molar-refractivity contribution in [1.29, 1.82) is 0 Å². The Kier molecular flexibility index (Phi) is 7.05.